The molecule has 338 valence electrons. The number of esters is 1. The number of aliphatic hydroxyl groups excluding tert-OH is 3. The number of nitrogens with zero attached hydrogens (tertiary/aromatic N) is 3. The Morgan fingerprint density at radius 1 is 0.952 bits per heavy atom. The smallest absolute Gasteiger partial charge is 0.312 e. The fourth-order valence-corrected chi connectivity index (χ4v) is 9.16. The first-order valence-corrected chi connectivity index (χ1v) is 21.3. The normalized spacial score (nSPS) is 32.9. The van der Waals surface area contributed by atoms with Crippen LogP contribution in [0.4, 0.5) is 5.69 Å². The molecular weight excluding hydrogens is 801 g/mol. The minimum atomic E-state index is -1.99. The zero-order valence-electron chi connectivity index (χ0n) is 37.4. The van der Waals surface area contributed by atoms with Crippen molar-refractivity contribution in [1.29, 1.82) is 0 Å². The van der Waals surface area contributed by atoms with Gasteiger partial charge in [-0.3, -0.25) is 29.3 Å². The van der Waals surface area contributed by atoms with Crippen LogP contribution < -0.4 is 20.8 Å². The third-order valence-electron chi connectivity index (χ3n) is 13.2. The van der Waals surface area contributed by atoms with Gasteiger partial charge in [0.25, 0.3) is 11.7 Å². The number of methoxy groups -OCH3 is 1. The van der Waals surface area contributed by atoms with E-state index in [4.69, 9.17) is 28.9 Å². The van der Waals surface area contributed by atoms with Crippen LogP contribution in [0.5, 0.6) is 17.2 Å². The minimum Gasteiger partial charge on any atom is -0.507 e. The number of carbonyl (C=O) groups is 3. The van der Waals surface area contributed by atoms with Gasteiger partial charge in [-0.25, -0.2) is 0 Å². The number of fused-ring (bicyclic) bond motifs is 1. The summed E-state index contributed by atoms with van der Waals surface area (Å²) >= 11 is 0. The zero-order valence-corrected chi connectivity index (χ0v) is 37.4. The predicted molar refractivity (Wildman–Crippen MR) is 229 cm³/mol. The number of likely N-dealkylation sites (tertiary alicyclic amines) is 1. The monoisotopic (exact) mass is 862 g/mol. The third kappa shape index (κ3) is 8.34. The summed E-state index contributed by atoms with van der Waals surface area (Å²) in [6.45, 7) is 17.5. The van der Waals surface area contributed by atoms with Crippen molar-refractivity contribution in [2.75, 3.05) is 25.5 Å². The number of aromatic hydroxyl groups is 2. The second-order valence-electron chi connectivity index (χ2n) is 18.0. The molecule has 6 rings (SSSR count). The molecule has 1 spiro atoms. The molecule has 0 aromatic heterocycles. The fourth-order valence-electron chi connectivity index (χ4n) is 9.16. The van der Waals surface area contributed by atoms with Crippen molar-refractivity contribution in [3.05, 3.63) is 58.0 Å². The van der Waals surface area contributed by atoms with E-state index in [1.165, 1.54) is 40.2 Å². The number of phenols is 2. The fraction of sp³-hybridized carbons (Fsp3) is 0.587. The molecule has 16 heteroatoms. The van der Waals surface area contributed by atoms with Gasteiger partial charge in [0, 0.05) is 87.1 Å². The lowest BCUT2D eigenvalue weighted by Crippen LogP contribution is -2.48. The molecule has 0 radical (unpaired) electrons. The van der Waals surface area contributed by atoms with E-state index in [2.05, 4.69) is 5.32 Å². The Balaban J connectivity index is 1.54. The van der Waals surface area contributed by atoms with Gasteiger partial charge in [-0.05, 0) is 25.8 Å². The molecule has 1 unspecified atom stereocenters. The van der Waals surface area contributed by atoms with Gasteiger partial charge >= 0.3 is 11.8 Å². The number of phenolic OH excluding ortho intramolecular Hbond substituents is 2. The molecule has 2 aromatic carbocycles. The van der Waals surface area contributed by atoms with Crippen LogP contribution >= 0.6 is 0 Å². The average molecular weight is 863 g/mol. The van der Waals surface area contributed by atoms with Crippen molar-refractivity contribution in [2.24, 2.45) is 39.6 Å². The molecule has 6 N–H and O–H groups in total. The second-order valence-corrected chi connectivity index (χ2v) is 18.0. The van der Waals surface area contributed by atoms with Gasteiger partial charge in [-0.15, -0.1) is 0 Å². The first kappa shape index (κ1) is 46.6. The number of ketones is 1. The number of allylic oxidation sites excluding steroid dienone is 2. The molecule has 1 fully saturated rings. The number of anilines is 1. The standard InChI is InChI=1S/C46H62N4O12/c1-21(2)44(58)50-18-16-46(17-19-50)48-33-30-31-38(54)27(8)41-32(30)42(56)45(10,62-41)60-20-15-29(59-11)24(5)40(61-28(9)51)26(7)37(53)25(6)36(52)22(3)13-12-14-23(4)43(57)47-35(39(31)55)34(33)49-46/h12-15,20-22,24-26,29,36-37,40,44,52-55,58H,16-19H2,1-11H3,(H,47,57)/b13-12+,20-15+,23-14-/t22-,24+,25+,26+,29-,36-,37+,40+,44?,45-/m0/s1. The molecule has 2 aromatic rings. The van der Waals surface area contributed by atoms with E-state index < -0.39 is 94.9 Å². The van der Waals surface area contributed by atoms with Crippen molar-refractivity contribution in [3.63, 3.8) is 0 Å². The maximum absolute atomic E-state index is 14.7. The predicted octanol–water partition coefficient (Wildman–Crippen LogP) is 4.07. The van der Waals surface area contributed by atoms with Gasteiger partial charge in [0.1, 0.15) is 34.9 Å². The maximum atomic E-state index is 14.7. The summed E-state index contributed by atoms with van der Waals surface area (Å²) < 4.78 is 23.9. The lowest BCUT2D eigenvalue weighted by molar-refractivity contribution is -0.160. The number of ether oxygens (including phenoxy) is 4. The summed E-state index contributed by atoms with van der Waals surface area (Å²) in [4.78, 5) is 53.2. The van der Waals surface area contributed by atoms with Crippen molar-refractivity contribution in [1.82, 2.24) is 4.90 Å². The summed E-state index contributed by atoms with van der Waals surface area (Å²) in [6.07, 6.45) is 3.86. The van der Waals surface area contributed by atoms with Gasteiger partial charge in [-0.2, -0.15) is 0 Å². The van der Waals surface area contributed by atoms with Crippen LogP contribution in [0, 0.1) is 36.5 Å². The van der Waals surface area contributed by atoms with E-state index in [9.17, 15) is 39.9 Å². The SMILES string of the molecule is CO[C@H]1/C=C/O[C@@]2(C)Oc3c(C)c(O)c4c(O)c(c5c(c4c3C2=O)=NC2(CCN(C(O)C(C)C)CC2)N=5)NC(=O)/C(C)=C\C=C\[C@H](C)[C@H](O)[C@@H](C)[C@@H](O)[C@@H](C)[C@H](OC(C)=O)[C@@H]1C. The van der Waals surface area contributed by atoms with E-state index in [-0.39, 0.29) is 55.5 Å². The first-order valence-electron chi connectivity index (χ1n) is 21.3. The van der Waals surface area contributed by atoms with E-state index in [0.717, 1.165) is 0 Å². The molecule has 4 heterocycles. The van der Waals surface area contributed by atoms with E-state index in [1.807, 2.05) is 18.7 Å². The Morgan fingerprint density at radius 3 is 2.21 bits per heavy atom. The number of Topliss-reactive ketones (excluding diaryl/α,β-unsaturated/α-hetero) is 1. The van der Waals surface area contributed by atoms with Crippen LogP contribution in [0.25, 0.3) is 10.8 Å². The Kier molecular flexibility index (Phi) is 13.3. The Labute approximate surface area is 361 Å². The Morgan fingerprint density at radius 2 is 1.60 bits per heavy atom. The number of nitrogens with one attached hydrogen (secondary N) is 1. The summed E-state index contributed by atoms with van der Waals surface area (Å²) in [5.74, 6) is -7.20. The number of hydrogen-bond acceptors (Lipinski definition) is 15. The van der Waals surface area contributed by atoms with Crippen molar-refractivity contribution in [2.45, 2.75) is 124 Å². The average Bonchev–Trinajstić information content (AvgIpc) is 3.73. The molecule has 4 aliphatic rings. The molecule has 0 saturated carbocycles. The van der Waals surface area contributed by atoms with Gasteiger partial charge in [0.2, 0.25) is 0 Å². The number of hydrogen-bond donors (Lipinski definition) is 6. The van der Waals surface area contributed by atoms with E-state index >= 15 is 0 Å². The van der Waals surface area contributed by atoms with Crippen LogP contribution in [-0.4, -0.2) is 110 Å². The lowest BCUT2D eigenvalue weighted by Gasteiger charge is -2.39. The molecule has 16 nitrogen and oxygen atoms in total. The van der Waals surface area contributed by atoms with Crippen LogP contribution in [-0.2, 0) is 23.8 Å². The molecule has 10 atom stereocenters. The number of carbonyl (C=O) groups excluding carboxylic acids is 3. The van der Waals surface area contributed by atoms with Crippen LogP contribution in [0.15, 0.2) is 46.1 Å². The van der Waals surface area contributed by atoms with Gasteiger partial charge in [0.05, 0.1) is 40.9 Å². The molecule has 1 amide bonds. The topological polar surface area (TPSA) is 229 Å². The highest BCUT2D eigenvalue weighted by atomic mass is 16.7. The van der Waals surface area contributed by atoms with Crippen molar-refractivity contribution >= 4 is 34.1 Å². The van der Waals surface area contributed by atoms with Crippen LogP contribution in [0.1, 0.15) is 91.1 Å². The van der Waals surface area contributed by atoms with Gasteiger partial charge in [-0.1, -0.05) is 59.8 Å². The zero-order chi connectivity index (χ0) is 45.7. The quantitative estimate of drug-likeness (QED) is 0.189. The second kappa shape index (κ2) is 17.7. The Bertz CT molecular complexity index is 2330. The highest BCUT2D eigenvalue weighted by Crippen LogP contribution is 2.50. The number of piperidine rings is 1. The van der Waals surface area contributed by atoms with E-state index in [0.29, 0.717) is 25.9 Å². The Hall–Kier alpha value is -4.87. The molecule has 62 heavy (non-hydrogen) atoms. The molecule has 4 bridgehead atoms. The molecular formula is C46H62N4O12. The number of aliphatic hydroxyl groups is 3. The minimum absolute atomic E-state index is 0.00483. The molecule has 1 saturated heterocycles. The van der Waals surface area contributed by atoms with Gasteiger partial charge in [0.15, 0.2) is 11.4 Å². The first-order chi connectivity index (χ1) is 29.1. The number of benzene rings is 2. The lowest BCUT2D eigenvalue weighted by atomic mass is 9.78. The summed E-state index contributed by atoms with van der Waals surface area (Å²) in [5.41, 5.74) is -0.847. The largest absolute Gasteiger partial charge is 0.507 e. The van der Waals surface area contributed by atoms with Crippen molar-refractivity contribution < 1.29 is 58.9 Å². The highest BCUT2D eigenvalue weighted by Gasteiger charge is 2.50. The molecule has 4 aliphatic heterocycles. The van der Waals surface area contributed by atoms with Gasteiger partial charge < -0.3 is 49.8 Å². The summed E-state index contributed by atoms with van der Waals surface area (Å²) in [7, 11) is 1.46. The maximum Gasteiger partial charge on any atom is 0.312 e. The molecule has 0 aliphatic carbocycles. The van der Waals surface area contributed by atoms with E-state index in [1.54, 1.807) is 52.8 Å². The number of rotatable bonds is 4. The van der Waals surface area contributed by atoms with Crippen LogP contribution in [0.3, 0.4) is 0 Å². The third-order valence-corrected chi connectivity index (χ3v) is 13.2. The van der Waals surface area contributed by atoms with Crippen molar-refractivity contribution in [3.8, 4) is 17.2 Å². The summed E-state index contributed by atoms with van der Waals surface area (Å²) in [6, 6.07) is 0. The highest BCUT2D eigenvalue weighted by molar-refractivity contribution is 6.19. The number of amides is 1. The van der Waals surface area contributed by atoms with Crippen LogP contribution in [0.2, 0.25) is 0 Å². The summed E-state index contributed by atoms with van der Waals surface area (Å²) in [5, 5.41) is 60.8.